The van der Waals surface area contributed by atoms with E-state index in [0.717, 1.165) is 5.52 Å². The summed E-state index contributed by atoms with van der Waals surface area (Å²) < 4.78 is 59.8. The summed E-state index contributed by atoms with van der Waals surface area (Å²) in [6, 6.07) is 4.78. The molecule has 0 spiro atoms. The van der Waals surface area contributed by atoms with Gasteiger partial charge in [0.1, 0.15) is 5.75 Å². The van der Waals surface area contributed by atoms with Crippen molar-refractivity contribution in [2.24, 2.45) is 0 Å². The fourth-order valence-electron chi connectivity index (χ4n) is 3.08. The summed E-state index contributed by atoms with van der Waals surface area (Å²) >= 11 is 0. The van der Waals surface area contributed by atoms with Gasteiger partial charge in [0.05, 0.1) is 12.2 Å². The maximum atomic E-state index is 14.2. The number of H-pyrrole nitrogens is 1. The molecule has 5 nitrogen and oxygen atoms in total. The highest BCUT2D eigenvalue weighted by Gasteiger charge is 2.39. The van der Waals surface area contributed by atoms with Crippen molar-refractivity contribution in [1.82, 2.24) is 9.88 Å². The standard InChI is InChI=1S/C18H21F4N3O2/c1-12(26)24-16-9-23-15-3-2-13(8-14(15)16)27-11-18(21,22)10-25-6-4-17(19,20)5-7-25/h2-3,8-9,23H,4-7,10-11H2,1H3,(H,24,26). The Balaban J connectivity index is 1.60. The van der Waals surface area contributed by atoms with E-state index in [2.05, 4.69) is 10.3 Å². The molecule has 9 heteroatoms. The number of nitrogens with zero attached hydrogens (tertiary/aromatic N) is 1. The van der Waals surface area contributed by atoms with Crippen molar-refractivity contribution in [2.75, 3.05) is 31.6 Å². The number of aromatic nitrogens is 1. The number of piperidine rings is 1. The Labute approximate surface area is 153 Å². The second kappa shape index (κ2) is 7.38. The molecule has 27 heavy (non-hydrogen) atoms. The van der Waals surface area contributed by atoms with Crippen LogP contribution in [0.3, 0.4) is 0 Å². The van der Waals surface area contributed by atoms with Crippen molar-refractivity contribution >= 4 is 22.5 Å². The van der Waals surface area contributed by atoms with Gasteiger partial charge in [-0.05, 0) is 18.2 Å². The Morgan fingerprint density at radius 1 is 1.33 bits per heavy atom. The Morgan fingerprint density at radius 3 is 2.70 bits per heavy atom. The van der Waals surface area contributed by atoms with E-state index in [-0.39, 0.29) is 24.7 Å². The van der Waals surface area contributed by atoms with Crippen molar-refractivity contribution in [1.29, 1.82) is 0 Å². The summed E-state index contributed by atoms with van der Waals surface area (Å²) in [5.74, 6) is -5.94. The van der Waals surface area contributed by atoms with Gasteiger partial charge in [-0.3, -0.25) is 9.69 Å². The molecule has 0 saturated carbocycles. The average Bonchev–Trinajstić information content (AvgIpc) is 2.97. The molecule has 0 radical (unpaired) electrons. The first-order valence-corrected chi connectivity index (χ1v) is 8.63. The number of aromatic amines is 1. The van der Waals surface area contributed by atoms with Crippen molar-refractivity contribution in [3.05, 3.63) is 24.4 Å². The van der Waals surface area contributed by atoms with E-state index in [1.54, 1.807) is 24.4 Å². The van der Waals surface area contributed by atoms with Crippen LogP contribution in [0.25, 0.3) is 10.9 Å². The number of nitrogens with one attached hydrogen (secondary N) is 2. The van der Waals surface area contributed by atoms with Crippen molar-refractivity contribution < 1.29 is 27.1 Å². The average molecular weight is 387 g/mol. The van der Waals surface area contributed by atoms with E-state index in [0.29, 0.717) is 11.1 Å². The topological polar surface area (TPSA) is 57.4 Å². The largest absolute Gasteiger partial charge is 0.487 e. The molecule has 148 valence electrons. The van der Waals surface area contributed by atoms with E-state index in [1.807, 2.05) is 0 Å². The first-order valence-electron chi connectivity index (χ1n) is 8.63. The highest BCUT2D eigenvalue weighted by molar-refractivity contribution is 6.01. The third-order valence-electron chi connectivity index (χ3n) is 4.46. The highest BCUT2D eigenvalue weighted by Crippen LogP contribution is 2.30. The zero-order valence-electron chi connectivity index (χ0n) is 14.8. The molecule has 0 aliphatic carbocycles. The fraction of sp³-hybridized carbons (Fsp3) is 0.500. The minimum Gasteiger partial charge on any atom is -0.487 e. The lowest BCUT2D eigenvalue weighted by molar-refractivity contribution is -0.114. The summed E-state index contributed by atoms with van der Waals surface area (Å²) in [5, 5.41) is 3.29. The molecule has 0 bridgehead atoms. The van der Waals surface area contributed by atoms with Gasteiger partial charge >= 0.3 is 0 Å². The summed E-state index contributed by atoms with van der Waals surface area (Å²) in [4.78, 5) is 15.5. The van der Waals surface area contributed by atoms with Crippen LogP contribution in [0.15, 0.2) is 24.4 Å². The van der Waals surface area contributed by atoms with Crippen LogP contribution in [-0.2, 0) is 4.79 Å². The molecule has 1 fully saturated rings. The number of hydrogen-bond acceptors (Lipinski definition) is 3. The number of likely N-dealkylation sites (tertiary alicyclic amines) is 1. The van der Waals surface area contributed by atoms with E-state index in [9.17, 15) is 22.4 Å². The van der Waals surface area contributed by atoms with Crippen LogP contribution in [0.2, 0.25) is 0 Å². The quantitative estimate of drug-likeness (QED) is 0.740. The SMILES string of the molecule is CC(=O)Nc1c[nH]c2ccc(OCC(F)(F)CN3CCC(F)(F)CC3)cc12. The second-order valence-corrected chi connectivity index (χ2v) is 6.87. The van der Waals surface area contributed by atoms with Crippen LogP contribution in [0.5, 0.6) is 5.75 Å². The Hall–Kier alpha value is -2.29. The normalized spacial score (nSPS) is 17.8. The molecule has 1 aromatic carbocycles. The van der Waals surface area contributed by atoms with Crippen LogP contribution in [-0.4, -0.2) is 53.9 Å². The number of halogens is 4. The number of hydrogen-bond donors (Lipinski definition) is 2. The predicted molar refractivity (Wildman–Crippen MR) is 93.7 cm³/mol. The lowest BCUT2D eigenvalue weighted by Gasteiger charge is -2.33. The van der Waals surface area contributed by atoms with Gasteiger partial charge in [-0.2, -0.15) is 0 Å². The number of amides is 1. The lowest BCUT2D eigenvalue weighted by atomic mass is 10.1. The van der Waals surface area contributed by atoms with Crippen LogP contribution in [0.4, 0.5) is 23.2 Å². The third-order valence-corrected chi connectivity index (χ3v) is 4.46. The molecule has 2 heterocycles. The molecule has 1 amide bonds. The van der Waals surface area contributed by atoms with Crippen molar-refractivity contribution in [3.8, 4) is 5.75 Å². The number of anilines is 1. The molecule has 0 atom stereocenters. The van der Waals surface area contributed by atoms with Gasteiger partial charge in [0.25, 0.3) is 11.8 Å². The molecule has 1 aliphatic rings. The third kappa shape index (κ3) is 5.12. The number of ether oxygens (including phenoxy) is 1. The zero-order chi connectivity index (χ0) is 19.7. The fourth-order valence-corrected chi connectivity index (χ4v) is 3.08. The van der Waals surface area contributed by atoms with Gasteiger partial charge < -0.3 is 15.0 Å². The Kier molecular flexibility index (Phi) is 5.32. The number of benzene rings is 1. The molecule has 1 aliphatic heterocycles. The number of carbonyl (C=O) groups excluding carboxylic acids is 1. The molecule has 2 aromatic rings. The molecule has 1 aromatic heterocycles. The molecule has 3 rings (SSSR count). The molecule has 2 N–H and O–H groups in total. The number of alkyl halides is 4. The van der Waals surface area contributed by atoms with Crippen LogP contribution in [0, 0.1) is 0 Å². The van der Waals surface area contributed by atoms with Crippen LogP contribution < -0.4 is 10.1 Å². The highest BCUT2D eigenvalue weighted by atomic mass is 19.3. The summed E-state index contributed by atoms with van der Waals surface area (Å²) in [5.41, 5.74) is 1.26. The van der Waals surface area contributed by atoms with Gasteiger partial charge in [0.2, 0.25) is 5.91 Å². The first-order chi connectivity index (χ1) is 12.6. The lowest BCUT2D eigenvalue weighted by Crippen LogP contribution is -2.46. The predicted octanol–water partition coefficient (Wildman–Crippen LogP) is 3.87. The summed E-state index contributed by atoms with van der Waals surface area (Å²) in [6.07, 6.45) is 0.802. The Morgan fingerprint density at radius 2 is 2.04 bits per heavy atom. The number of fused-ring (bicyclic) bond motifs is 1. The Bertz CT molecular complexity index is 812. The van der Waals surface area contributed by atoms with Crippen LogP contribution >= 0.6 is 0 Å². The molecule has 0 unspecified atom stereocenters. The first kappa shape index (κ1) is 19.5. The maximum Gasteiger partial charge on any atom is 0.293 e. The summed E-state index contributed by atoms with van der Waals surface area (Å²) in [7, 11) is 0. The minimum absolute atomic E-state index is 0.0576. The van der Waals surface area contributed by atoms with E-state index in [4.69, 9.17) is 4.74 Å². The molecular formula is C18H21F4N3O2. The number of rotatable bonds is 6. The van der Waals surface area contributed by atoms with E-state index >= 15 is 0 Å². The zero-order valence-corrected chi connectivity index (χ0v) is 14.8. The maximum absolute atomic E-state index is 14.2. The van der Waals surface area contributed by atoms with Crippen LogP contribution in [0.1, 0.15) is 19.8 Å². The number of carbonyl (C=O) groups is 1. The van der Waals surface area contributed by atoms with Gasteiger partial charge in [0, 0.05) is 50.0 Å². The molecule has 1 saturated heterocycles. The van der Waals surface area contributed by atoms with Gasteiger partial charge in [-0.1, -0.05) is 0 Å². The van der Waals surface area contributed by atoms with E-state index in [1.165, 1.54) is 11.8 Å². The second-order valence-electron chi connectivity index (χ2n) is 6.87. The molecular weight excluding hydrogens is 366 g/mol. The minimum atomic E-state index is -3.17. The van der Waals surface area contributed by atoms with Gasteiger partial charge in [0.15, 0.2) is 6.61 Å². The van der Waals surface area contributed by atoms with Crippen molar-refractivity contribution in [2.45, 2.75) is 31.6 Å². The smallest absolute Gasteiger partial charge is 0.293 e. The van der Waals surface area contributed by atoms with Gasteiger partial charge in [-0.25, -0.2) is 17.6 Å². The monoisotopic (exact) mass is 387 g/mol. The summed E-state index contributed by atoms with van der Waals surface area (Å²) in [6.45, 7) is -0.218. The van der Waals surface area contributed by atoms with Gasteiger partial charge in [-0.15, -0.1) is 0 Å². The van der Waals surface area contributed by atoms with E-state index < -0.39 is 37.8 Å². The van der Waals surface area contributed by atoms with Crippen molar-refractivity contribution in [3.63, 3.8) is 0 Å².